The zero-order chi connectivity index (χ0) is 13.9. The van der Waals surface area contributed by atoms with Crippen LogP contribution in [0.3, 0.4) is 0 Å². The summed E-state index contributed by atoms with van der Waals surface area (Å²) >= 11 is 0. The van der Waals surface area contributed by atoms with Crippen molar-refractivity contribution in [3.8, 4) is 0 Å². The number of benzene rings is 1. The topological polar surface area (TPSA) is 32.3 Å². The molecule has 1 amide bonds. The smallest absolute Gasteiger partial charge is 0.223 e. The summed E-state index contributed by atoms with van der Waals surface area (Å²) in [7, 11) is 0. The molecule has 3 rings (SSSR count). The third-order valence-corrected chi connectivity index (χ3v) is 4.80. The molecule has 0 spiro atoms. The lowest BCUT2D eigenvalue weighted by atomic mass is 9.84. The Labute approximate surface area is 121 Å². The Kier molecular flexibility index (Phi) is 4.06. The Morgan fingerprint density at radius 3 is 2.70 bits per heavy atom. The van der Waals surface area contributed by atoms with Crippen molar-refractivity contribution in [1.29, 1.82) is 0 Å². The van der Waals surface area contributed by atoms with E-state index in [1.807, 2.05) is 0 Å². The minimum absolute atomic E-state index is 0.340. The summed E-state index contributed by atoms with van der Waals surface area (Å²) in [6.45, 7) is 5.07. The summed E-state index contributed by atoms with van der Waals surface area (Å²) in [5, 5.41) is 3.46. The van der Waals surface area contributed by atoms with E-state index in [0.717, 1.165) is 45.3 Å². The van der Waals surface area contributed by atoms with E-state index in [1.165, 1.54) is 11.1 Å². The van der Waals surface area contributed by atoms with Gasteiger partial charge in [0.05, 0.1) is 0 Å². The van der Waals surface area contributed by atoms with Crippen molar-refractivity contribution < 1.29 is 4.79 Å². The van der Waals surface area contributed by atoms with Gasteiger partial charge in [0.2, 0.25) is 5.91 Å². The molecule has 3 nitrogen and oxygen atoms in total. The molecule has 0 aliphatic carbocycles. The summed E-state index contributed by atoms with van der Waals surface area (Å²) in [5.74, 6) is 0.990. The Bertz CT molecular complexity index is 468. The zero-order valence-corrected chi connectivity index (χ0v) is 12.3. The van der Waals surface area contributed by atoms with Crippen molar-refractivity contribution in [3.63, 3.8) is 0 Å². The maximum absolute atomic E-state index is 12.3. The molecule has 1 aromatic carbocycles. The van der Waals surface area contributed by atoms with E-state index in [4.69, 9.17) is 0 Å². The van der Waals surface area contributed by atoms with Crippen LogP contribution in [0.15, 0.2) is 24.3 Å². The van der Waals surface area contributed by atoms with Crippen molar-refractivity contribution in [2.24, 2.45) is 5.92 Å². The van der Waals surface area contributed by atoms with Gasteiger partial charge < -0.3 is 10.2 Å². The quantitative estimate of drug-likeness (QED) is 0.916. The van der Waals surface area contributed by atoms with E-state index in [1.54, 1.807) is 0 Å². The molecular formula is C17H24N2O. The highest BCUT2D eigenvalue weighted by Crippen LogP contribution is 2.29. The van der Waals surface area contributed by atoms with Crippen LogP contribution in [0.5, 0.6) is 0 Å². The van der Waals surface area contributed by atoms with Crippen LogP contribution in [0, 0.1) is 5.92 Å². The van der Waals surface area contributed by atoms with Gasteiger partial charge in [0.1, 0.15) is 0 Å². The number of carbonyl (C=O) groups excluding carboxylic acids is 1. The average Bonchev–Trinajstić information content (AvgIpc) is 2.51. The fourth-order valence-corrected chi connectivity index (χ4v) is 3.53. The number of hydrogen-bond donors (Lipinski definition) is 1. The molecule has 2 unspecified atom stereocenters. The van der Waals surface area contributed by atoms with Crippen molar-refractivity contribution in [2.75, 3.05) is 13.1 Å². The normalized spacial score (nSPS) is 26.4. The van der Waals surface area contributed by atoms with Crippen LogP contribution in [0.2, 0.25) is 0 Å². The molecule has 0 aromatic heterocycles. The van der Waals surface area contributed by atoms with Crippen molar-refractivity contribution in [2.45, 2.75) is 45.2 Å². The van der Waals surface area contributed by atoms with Crippen LogP contribution in [-0.4, -0.2) is 29.9 Å². The Morgan fingerprint density at radius 1 is 1.20 bits per heavy atom. The van der Waals surface area contributed by atoms with Gasteiger partial charge in [-0.05, 0) is 49.4 Å². The molecule has 2 fully saturated rings. The molecule has 1 aromatic rings. The number of nitrogens with one attached hydrogen (secondary N) is 1. The van der Waals surface area contributed by atoms with Gasteiger partial charge in [0.25, 0.3) is 0 Å². The molecule has 2 heterocycles. The molecule has 20 heavy (non-hydrogen) atoms. The molecule has 0 bridgehead atoms. The number of amides is 1. The molecule has 1 N–H and O–H groups in total. The summed E-state index contributed by atoms with van der Waals surface area (Å²) in [5.41, 5.74) is 2.62. The van der Waals surface area contributed by atoms with Gasteiger partial charge in [-0.2, -0.15) is 0 Å². The Balaban J connectivity index is 1.74. The van der Waals surface area contributed by atoms with Gasteiger partial charge in [-0.15, -0.1) is 0 Å². The third-order valence-electron chi connectivity index (χ3n) is 4.80. The molecular weight excluding hydrogens is 248 g/mol. The molecule has 0 radical (unpaired) electrons. The van der Waals surface area contributed by atoms with Crippen LogP contribution in [0.1, 0.15) is 37.3 Å². The van der Waals surface area contributed by atoms with Crippen LogP contribution in [0.4, 0.5) is 0 Å². The zero-order valence-electron chi connectivity index (χ0n) is 12.3. The van der Waals surface area contributed by atoms with Crippen molar-refractivity contribution >= 4 is 5.91 Å². The summed E-state index contributed by atoms with van der Waals surface area (Å²) in [4.78, 5) is 14.4. The first-order valence-electron chi connectivity index (χ1n) is 7.86. The summed E-state index contributed by atoms with van der Waals surface area (Å²) < 4.78 is 0. The minimum Gasteiger partial charge on any atom is -0.335 e. The lowest BCUT2D eigenvalue weighted by Gasteiger charge is -2.44. The van der Waals surface area contributed by atoms with Crippen LogP contribution in [0.25, 0.3) is 0 Å². The van der Waals surface area contributed by atoms with E-state index in [-0.39, 0.29) is 0 Å². The van der Waals surface area contributed by atoms with Crippen LogP contribution < -0.4 is 5.32 Å². The number of aryl methyl sites for hydroxylation is 1. The molecule has 2 aliphatic rings. The van der Waals surface area contributed by atoms with Gasteiger partial charge in [-0.1, -0.05) is 31.2 Å². The highest BCUT2D eigenvalue weighted by molar-refractivity contribution is 5.77. The predicted molar refractivity (Wildman–Crippen MR) is 80.4 cm³/mol. The lowest BCUT2D eigenvalue weighted by Crippen LogP contribution is -2.54. The fourth-order valence-electron chi connectivity index (χ4n) is 3.53. The lowest BCUT2D eigenvalue weighted by molar-refractivity contribution is -0.140. The number of likely N-dealkylation sites (tertiary alicyclic amines) is 1. The molecule has 108 valence electrons. The maximum Gasteiger partial charge on any atom is 0.223 e. The van der Waals surface area contributed by atoms with Gasteiger partial charge in [-0.25, -0.2) is 0 Å². The fraction of sp³-hybridized carbons (Fsp3) is 0.588. The van der Waals surface area contributed by atoms with E-state index in [0.29, 0.717) is 17.9 Å². The number of piperidine rings is 2. The highest BCUT2D eigenvalue weighted by atomic mass is 16.2. The van der Waals surface area contributed by atoms with Crippen molar-refractivity contribution in [1.82, 2.24) is 10.2 Å². The average molecular weight is 272 g/mol. The first-order chi connectivity index (χ1) is 9.78. The van der Waals surface area contributed by atoms with Gasteiger partial charge >= 0.3 is 0 Å². The molecule has 3 heteroatoms. The minimum atomic E-state index is 0.340. The largest absolute Gasteiger partial charge is 0.335 e. The number of rotatable bonds is 3. The first kappa shape index (κ1) is 13.6. The van der Waals surface area contributed by atoms with Gasteiger partial charge in [-0.3, -0.25) is 4.79 Å². The van der Waals surface area contributed by atoms with E-state index in [9.17, 15) is 4.79 Å². The standard InChI is InChI=1S/C17H24N2O/c1-2-13-3-5-14(6-4-13)12-19-16-9-10-18-11-15(16)7-8-17(19)20/h3-6,15-16,18H,2,7-12H2,1H3. The second kappa shape index (κ2) is 5.96. The maximum atomic E-state index is 12.3. The number of nitrogens with zero attached hydrogens (tertiary/aromatic N) is 1. The van der Waals surface area contributed by atoms with Crippen molar-refractivity contribution in [3.05, 3.63) is 35.4 Å². The Hall–Kier alpha value is -1.35. The predicted octanol–water partition coefficient (Wildman–Crippen LogP) is 2.35. The summed E-state index contributed by atoms with van der Waals surface area (Å²) in [6.07, 6.45) is 3.94. The summed E-state index contributed by atoms with van der Waals surface area (Å²) in [6, 6.07) is 9.17. The second-order valence-electron chi connectivity index (χ2n) is 6.05. The number of fused-ring (bicyclic) bond motifs is 1. The number of hydrogen-bond acceptors (Lipinski definition) is 2. The highest BCUT2D eigenvalue weighted by Gasteiger charge is 2.36. The molecule has 2 atom stereocenters. The SMILES string of the molecule is CCc1ccc(CN2C(=O)CCC3CNCCC32)cc1. The third kappa shape index (κ3) is 2.73. The van der Waals surface area contributed by atoms with Crippen LogP contribution >= 0.6 is 0 Å². The molecule has 0 saturated carbocycles. The van der Waals surface area contributed by atoms with E-state index in [2.05, 4.69) is 41.4 Å². The van der Waals surface area contributed by atoms with Crippen LogP contribution in [-0.2, 0) is 17.8 Å². The number of carbonyl (C=O) groups is 1. The monoisotopic (exact) mass is 272 g/mol. The van der Waals surface area contributed by atoms with E-state index < -0.39 is 0 Å². The molecule has 2 aliphatic heterocycles. The Morgan fingerprint density at radius 2 is 1.95 bits per heavy atom. The first-order valence-corrected chi connectivity index (χ1v) is 7.86. The molecule has 2 saturated heterocycles. The van der Waals surface area contributed by atoms with Gasteiger partial charge in [0, 0.05) is 19.0 Å². The van der Waals surface area contributed by atoms with E-state index >= 15 is 0 Å². The second-order valence-corrected chi connectivity index (χ2v) is 6.05. The van der Waals surface area contributed by atoms with Gasteiger partial charge in [0.15, 0.2) is 0 Å².